The second kappa shape index (κ2) is 5.92. The Labute approximate surface area is 174 Å². The molecule has 0 unspecified atom stereocenters. The summed E-state index contributed by atoms with van der Waals surface area (Å²) in [6.45, 7) is 6.79. The monoisotopic (exact) mass is 422 g/mol. The van der Waals surface area contributed by atoms with E-state index in [9.17, 15) is 30.0 Å². The number of carbonyl (C=O) groups excluding carboxylic acids is 2. The number of ketones is 1. The zero-order valence-corrected chi connectivity index (χ0v) is 17.3. The molecule has 6 rings (SSSR count). The van der Waals surface area contributed by atoms with E-state index in [4.69, 9.17) is 9.47 Å². The van der Waals surface area contributed by atoms with Crippen molar-refractivity contribution in [2.75, 3.05) is 13.2 Å². The Morgan fingerprint density at radius 2 is 1.97 bits per heavy atom. The smallest absolute Gasteiger partial charge is 0.302 e. The molecule has 0 aromatic heterocycles. The lowest BCUT2D eigenvalue weighted by atomic mass is 9.35. The number of rotatable bonds is 2. The standard InChI is InChI=1S/C22H30O8/c1-10-12-4-5-13-20-9-29-22(28,21(13,16(10)25)17(12)26)18(27)15(20)19(3,8-23)7-6-14(20)30-11(2)24/h12-15,17-18,23,26-28H,1,4-9H2,2-3H3/t12-,13-,14-,15+,17-,18-,19+,20+,21-,22+/m0/s1. The van der Waals surface area contributed by atoms with Crippen molar-refractivity contribution in [3.63, 3.8) is 0 Å². The maximum atomic E-state index is 13.6. The van der Waals surface area contributed by atoms with Gasteiger partial charge in [-0.1, -0.05) is 13.5 Å². The van der Waals surface area contributed by atoms with Crippen molar-refractivity contribution in [2.24, 2.45) is 34.0 Å². The summed E-state index contributed by atoms with van der Waals surface area (Å²) in [4.78, 5) is 25.5. The molecule has 0 aromatic rings. The van der Waals surface area contributed by atoms with Crippen LogP contribution in [0.1, 0.15) is 39.5 Å². The van der Waals surface area contributed by atoms with Crippen LogP contribution in [-0.2, 0) is 19.1 Å². The van der Waals surface area contributed by atoms with Crippen molar-refractivity contribution in [1.82, 2.24) is 0 Å². The van der Waals surface area contributed by atoms with Crippen LogP contribution in [0, 0.1) is 34.0 Å². The maximum Gasteiger partial charge on any atom is 0.302 e. The molecule has 4 bridgehead atoms. The first-order valence-corrected chi connectivity index (χ1v) is 10.8. The van der Waals surface area contributed by atoms with E-state index in [1.807, 2.05) is 6.92 Å². The summed E-state index contributed by atoms with van der Waals surface area (Å²) in [6, 6.07) is 0. The van der Waals surface area contributed by atoms with Gasteiger partial charge in [0.2, 0.25) is 5.79 Å². The van der Waals surface area contributed by atoms with Crippen LogP contribution in [0.25, 0.3) is 0 Å². The van der Waals surface area contributed by atoms with Crippen molar-refractivity contribution >= 4 is 11.8 Å². The van der Waals surface area contributed by atoms with E-state index in [0.29, 0.717) is 25.7 Å². The van der Waals surface area contributed by atoms with Crippen LogP contribution in [0.4, 0.5) is 0 Å². The summed E-state index contributed by atoms with van der Waals surface area (Å²) in [5.74, 6) is -5.00. The number of carbonyl (C=O) groups is 2. The molecule has 10 atom stereocenters. The molecule has 4 aliphatic carbocycles. The molecule has 30 heavy (non-hydrogen) atoms. The van der Waals surface area contributed by atoms with Gasteiger partial charge in [-0.15, -0.1) is 0 Å². The fourth-order valence-electron chi connectivity index (χ4n) is 8.25. The SMILES string of the molecule is C=C1C(=O)[C@]23[C@@H](O)[C@H]1CC[C@H]2[C@@]12CO[C@]3(O)[C@@H](O)[C@@H]1[C@@](C)(CO)CC[C@@H]2OC(C)=O. The Balaban J connectivity index is 1.79. The molecule has 2 saturated heterocycles. The Morgan fingerprint density at radius 3 is 2.60 bits per heavy atom. The number of Topliss-reactive ketones (excluding diaryl/α,β-unsaturated/α-hetero) is 1. The van der Waals surface area contributed by atoms with Crippen molar-refractivity contribution in [3.05, 3.63) is 12.2 Å². The Bertz CT molecular complexity index is 841. The minimum absolute atomic E-state index is 0.0255. The van der Waals surface area contributed by atoms with Crippen LogP contribution in [-0.4, -0.2) is 69.5 Å². The number of aliphatic hydroxyl groups is 4. The highest BCUT2D eigenvalue weighted by Crippen LogP contribution is 2.76. The lowest BCUT2D eigenvalue weighted by Crippen LogP contribution is -2.86. The summed E-state index contributed by atoms with van der Waals surface area (Å²) in [6.07, 6.45) is -1.51. The van der Waals surface area contributed by atoms with E-state index >= 15 is 0 Å². The second-order valence-corrected chi connectivity index (χ2v) is 10.4. The number of hydrogen-bond donors (Lipinski definition) is 4. The molecule has 0 amide bonds. The van der Waals surface area contributed by atoms with Gasteiger partial charge in [0.25, 0.3) is 0 Å². The minimum atomic E-state index is -2.30. The number of fused-ring (bicyclic) bond motifs is 2. The van der Waals surface area contributed by atoms with E-state index in [1.54, 1.807) is 0 Å². The molecule has 8 heteroatoms. The molecular weight excluding hydrogens is 392 g/mol. The molecule has 166 valence electrons. The zero-order valence-electron chi connectivity index (χ0n) is 17.3. The molecular formula is C22H30O8. The highest BCUT2D eigenvalue weighted by Gasteiger charge is 2.87. The van der Waals surface area contributed by atoms with E-state index < -0.39 is 69.9 Å². The molecule has 8 nitrogen and oxygen atoms in total. The van der Waals surface area contributed by atoms with Gasteiger partial charge in [0.1, 0.15) is 17.6 Å². The van der Waals surface area contributed by atoms with Gasteiger partial charge in [0, 0.05) is 30.8 Å². The first kappa shape index (κ1) is 20.6. The largest absolute Gasteiger partial charge is 0.462 e. The predicted octanol–water partition coefficient (Wildman–Crippen LogP) is -0.0812. The van der Waals surface area contributed by atoms with Crippen LogP contribution >= 0.6 is 0 Å². The molecule has 6 aliphatic rings. The number of hydrogen-bond acceptors (Lipinski definition) is 8. The average Bonchev–Trinajstić information content (AvgIpc) is 2.80. The predicted molar refractivity (Wildman–Crippen MR) is 102 cm³/mol. The van der Waals surface area contributed by atoms with Gasteiger partial charge in [-0.3, -0.25) is 9.59 Å². The van der Waals surface area contributed by atoms with Crippen LogP contribution in [0.3, 0.4) is 0 Å². The maximum absolute atomic E-state index is 13.6. The molecule has 0 radical (unpaired) electrons. The van der Waals surface area contributed by atoms with Crippen molar-refractivity contribution < 1.29 is 39.5 Å². The highest BCUT2D eigenvalue weighted by molar-refractivity contribution is 6.05. The fraction of sp³-hybridized carbons (Fsp3) is 0.818. The number of ether oxygens (including phenoxy) is 2. The van der Waals surface area contributed by atoms with Crippen LogP contribution < -0.4 is 0 Å². The second-order valence-electron chi connectivity index (χ2n) is 10.4. The molecule has 0 aromatic carbocycles. The van der Waals surface area contributed by atoms with Crippen molar-refractivity contribution in [1.29, 1.82) is 0 Å². The normalized spacial score (nSPS) is 56.5. The molecule has 2 aliphatic heterocycles. The Kier molecular flexibility index (Phi) is 4.06. The molecule has 6 fully saturated rings. The van der Waals surface area contributed by atoms with Gasteiger partial charge in [-0.2, -0.15) is 0 Å². The fourth-order valence-corrected chi connectivity index (χ4v) is 8.25. The minimum Gasteiger partial charge on any atom is -0.462 e. The number of esters is 1. The van der Waals surface area contributed by atoms with E-state index in [-0.39, 0.29) is 18.8 Å². The first-order chi connectivity index (χ1) is 14.0. The van der Waals surface area contributed by atoms with E-state index in [0.717, 1.165) is 0 Å². The van der Waals surface area contributed by atoms with E-state index in [1.165, 1.54) is 6.92 Å². The zero-order chi connectivity index (χ0) is 21.9. The highest BCUT2D eigenvalue weighted by atomic mass is 16.6. The third-order valence-corrected chi connectivity index (χ3v) is 9.36. The van der Waals surface area contributed by atoms with Gasteiger partial charge in [-0.05, 0) is 42.6 Å². The molecule has 4 saturated carbocycles. The van der Waals surface area contributed by atoms with Crippen molar-refractivity contribution in [3.8, 4) is 0 Å². The third-order valence-electron chi connectivity index (χ3n) is 9.36. The lowest BCUT2D eigenvalue weighted by Gasteiger charge is -2.74. The lowest BCUT2D eigenvalue weighted by molar-refractivity contribution is -0.459. The summed E-state index contributed by atoms with van der Waals surface area (Å²) in [7, 11) is 0. The molecule has 2 spiro atoms. The average molecular weight is 422 g/mol. The van der Waals surface area contributed by atoms with Gasteiger partial charge < -0.3 is 29.9 Å². The van der Waals surface area contributed by atoms with Gasteiger partial charge in [-0.25, -0.2) is 0 Å². The van der Waals surface area contributed by atoms with Crippen LogP contribution in [0.15, 0.2) is 12.2 Å². The Hall–Kier alpha value is -1.32. The van der Waals surface area contributed by atoms with Crippen LogP contribution in [0.5, 0.6) is 0 Å². The van der Waals surface area contributed by atoms with E-state index in [2.05, 4.69) is 6.58 Å². The topological polar surface area (TPSA) is 134 Å². The Morgan fingerprint density at radius 1 is 1.27 bits per heavy atom. The van der Waals surface area contributed by atoms with Crippen LogP contribution in [0.2, 0.25) is 0 Å². The first-order valence-electron chi connectivity index (χ1n) is 10.8. The molecule has 4 N–H and O–H groups in total. The summed E-state index contributed by atoms with van der Waals surface area (Å²) < 4.78 is 11.6. The van der Waals surface area contributed by atoms with Gasteiger partial charge >= 0.3 is 5.97 Å². The molecule has 2 heterocycles. The third kappa shape index (κ3) is 1.88. The summed E-state index contributed by atoms with van der Waals surface area (Å²) in [5.41, 5.74) is -3.29. The van der Waals surface area contributed by atoms with Gasteiger partial charge in [0.05, 0.1) is 12.7 Å². The van der Waals surface area contributed by atoms with Crippen molar-refractivity contribution in [2.45, 2.75) is 63.6 Å². The summed E-state index contributed by atoms with van der Waals surface area (Å²) in [5, 5.41) is 44.9. The summed E-state index contributed by atoms with van der Waals surface area (Å²) >= 11 is 0. The van der Waals surface area contributed by atoms with Gasteiger partial charge in [0.15, 0.2) is 5.78 Å². The number of aliphatic hydroxyl groups excluding tert-OH is 3. The quantitative estimate of drug-likeness (QED) is 0.359.